The van der Waals surface area contributed by atoms with Crippen LogP contribution in [0.15, 0.2) is 30.0 Å². The van der Waals surface area contributed by atoms with E-state index in [1.54, 1.807) is 24.7 Å². The molecule has 1 aliphatic carbocycles. The normalized spacial score (nSPS) is 14.0. The molecule has 0 atom stereocenters. The molecule has 110 valence electrons. The van der Waals surface area contributed by atoms with Gasteiger partial charge in [0.1, 0.15) is 5.69 Å². The molecule has 8 heteroatoms. The van der Waals surface area contributed by atoms with Crippen LogP contribution in [-0.2, 0) is 0 Å². The first kappa shape index (κ1) is 13.1. The molecule has 1 saturated carbocycles. The highest BCUT2D eigenvalue weighted by Gasteiger charge is 2.33. The molecule has 3 aromatic heterocycles. The second-order valence-corrected chi connectivity index (χ2v) is 5.89. The number of thiazole rings is 1. The molecule has 0 aliphatic heterocycles. The SMILES string of the molecule is O=C(c1[nH]ncc1-c1csc(Nc2ncccn2)n1)C1CC1. The van der Waals surface area contributed by atoms with Gasteiger partial charge >= 0.3 is 0 Å². The van der Waals surface area contributed by atoms with Crippen LogP contribution < -0.4 is 5.32 Å². The first-order valence-corrected chi connectivity index (χ1v) is 7.77. The lowest BCUT2D eigenvalue weighted by Gasteiger charge is -1.99. The highest BCUT2D eigenvalue weighted by atomic mass is 32.1. The van der Waals surface area contributed by atoms with Gasteiger partial charge in [-0.1, -0.05) is 0 Å². The molecule has 0 saturated heterocycles. The minimum atomic E-state index is 0.126. The number of nitrogens with one attached hydrogen (secondary N) is 2. The molecule has 3 aromatic rings. The van der Waals surface area contributed by atoms with E-state index in [0.29, 0.717) is 16.8 Å². The summed E-state index contributed by atoms with van der Waals surface area (Å²) < 4.78 is 0. The van der Waals surface area contributed by atoms with Crippen molar-refractivity contribution < 1.29 is 4.79 Å². The second-order valence-electron chi connectivity index (χ2n) is 5.03. The first-order valence-electron chi connectivity index (χ1n) is 6.89. The number of anilines is 2. The van der Waals surface area contributed by atoms with E-state index in [4.69, 9.17) is 0 Å². The minimum absolute atomic E-state index is 0.126. The second kappa shape index (κ2) is 5.30. The molecule has 3 heterocycles. The van der Waals surface area contributed by atoms with Crippen molar-refractivity contribution in [1.29, 1.82) is 0 Å². The number of hydrogen-bond donors (Lipinski definition) is 2. The molecule has 7 nitrogen and oxygen atoms in total. The van der Waals surface area contributed by atoms with Crippen molar-refractivity contribution >= 4 is 28.2 Å². The number of aromatic nitrogens is 5. The number of Topliss-reactive ketones (excluding diaryl/α,β-unsaturated/α-hetero) is 1. The van der Waals surface area contributed by atoms with Gasteiger partial charge < -0.3 is 5.32 Å². The number of ketones is 1. The van der Waals surface area contributed by atoms with Crippen LogP contribution in [0.1, 0.15) is 23.3 Å². The molecule has 0 bridgehead atoms. The fraction of sp³-hybridized carbons (Fsp3) is 0.214. The van der Waals surface area contributed by atoms with E-state index in [9.17, 15) is 4.79 Å². The van der Waals surface area contributed by atoms with Crippen LogP contribution in [0.5, 0.6) is 0 Å². The Balaban J connectivity index is 1.59. The van der Waals surface area contributed by atoms with Crippen molar-refractivity contribution in [1.82, 2.24) is 25.1 Å². The van der Waals surface area contributed by atoms with Crippen molar-refractivity contribution in [2.24, 2.45) is 5.92 Å². The van der Waals surface area contributed by atoms with Gasteiger partial charge in [-0.05, 0) is 18.9 Å². The number of hydrogen-bond acceptors (Lipinski definition) is 7. The van der Waals surface area contributed by atoms with E-state index >= 15 is 0 Å². The van der Waals surface area contributed by atoms with Gasteiger partial charge in [-0.2, -0.15) is 5.10 Å². The summed E-state index contributed by atoms with van der Waals surface area (Å²) >= 11 is 1.43. The Morgan fingerprint density at radius 1 is 1.32 bits per heavy atom. The monoisotopic (exact) mass is 312 g/mol. The van der Waals surface area contributed by atoms with E-state index < -0.39 is 0 Å². The maximum absolute atomic E-state index is 12.2. The minimum Gasteiger partial charge on any atom is -0.300 e. The summed E-state index contributed by atoms with van der Waals surface area (Å²) in [6.07, 6.45) is 6.89. The Hall–Kier alpha value is -2.61. The lowest BCUT2D eigenvalue weighted by atomic mass is 10.1. The third kappa shape index (κ3) is 2.48. The standard InChI is InChI=1S/C14H12N6OS/c21-12(8-2-3-8)11-9(6-17-20-11)10-7-22-14(18-10)19-13-15-4-1-5-16-13/h1,4-8H,2-3H2,(H,17,20)(H,15,16,18,19). The molecule has 0 radical (unpaired) electrons. The lowest BCUT2D eigenvalue weighted by Crippen LogP contribution is -2.03. The van der Waals surface area contributed by atoms with Gasteiger partial charge in [-0.15, -0.1) is 11.3 Å². The smallest absolute Gasteiger partial charge is 0.228 e. The van der Waals surface area contributed by atoms with Crippen molar-refractivity contribution in [2.75, 3.05) is 5.32 Å². The molecular weight excluding hydrogens is 300 g/mol. The molecule has 1 fully saturated rings. The zero-order chi connectivity index (χ0) is 14.9. The summed E-state index contributed by atoms with van der Waals surface area (Å²) in [5.41, 5.74) is 2.02. The maximum atomic E-state index is 12.2. The van der Waals surface area contributed by atoms with E-state index in [2.05, 4.69) is 30.5 Å². The molecule has 0 amide bonds. The Morgan fingerprint density at radius 3 is 2.91 bits per heavy atom. The van der Waals surface area contributed by atoms with Crippen LogP contribution >= 0.6 is 11.3 Å². The first-order chi connectivity index (χ1) is 10.8. The average molecular weight is 312 g/mol. The Bertz CT molecular complexity index is 808. The van der Waals surface area contributed by atoms with E-state index in [0.717, 1.165) is 24.1 Å². The van der Waals surface area contributed by atoms with Crippen molar-refractivity contribution in [3.8, 4) is 11.3 Å². The number of H-pyrrole nitrogens is 1. The third-order valence-corrected chi connectivity index (χ3v) is 4.16. The summed E-state index contributed by atoms with van der Waals surface area (Å²) in [5, 5.41) is 12.4. The summed E-state index contributed by atoms with van der Waals surface area (Å²) in [4.78, 5) is 24.9. The van der Waals surface area contributed by atoms with Crippen LogP contribution in [0.2, 0.25) is 0 Å². The number of carbonyl (C=O) groups is 1. The van der Waals surface area contributed by atoms with Gasteiger partial charge in [0, 0.05) is 29.3 Å². The number of aromatic amines is 1. The molecule has 0 aromatic carbocycles. The van der Waals surface area contributed by atoms with Gasteiger partial charge in [0.05, 0.1) is 11.9 Å². The fourth-order valence-corrected chi connectivity index (χ4v) is 2.84. The highest BCUT2D eigenvalue weighted by Crippen LogP contribution is 2.35. The molecular formula is C14H12N6OS. The van der Waals surface area contributed by atoms with E-state index in [-0.39, 0.29) is 11.7 Å². The van der Waals surface area contributed by atoms with Crippen LogP contribution in [-0.4, -0.2) is 30.9 Å². The third-order valence-electron chi connectivity index (χ3n) is 3.40. The average Bonchev–Trinajstić information content (AvgIpc) is 3.10. The molecule has 1 aliphatic rings. The summed E-state index contributed by atoms with van der Waals surface area (Å²) in [7, 11) is 0. The van der Waals surface area contributed by atoms with Gasteiger partial charge in [-0.25, -0.2) is 15.0 Å². The highest BCUT2D eigenvalue weighted by molar-refractivity contribution is 7.14. The van der Waals surface area contributed by atoms with E-state index in [1.807, 2.05) is 5.38 Å². The summed E-state index contributed by atoms with van der Waals surface area (Å²) in [6.45, 7) is 0. The van der Waals surface area contributed by atoms with Crippen LogP contribution in [0.25, 0.3) is 11.3 Å². The number of rotatable bonds is 5. The summed E-state index contributed by atoms with van der Waals surface area (Å²) in [6, 6.07) is 1.75. The van der Waals surface area contributed by atoms with Crippen molar-refractivity contribution in [3.63, 3.8) is 0 Å². The Kier molecular flexibility index (Phi) is 3.15. The van der Waals surface area contributed by atoms with Gasteiger partial charge in [0.25, 0.3) is 0 Å². The van der Waals surface area contributed by atoms with Crippen molar-refractivity contribution in [3.05, 3.63) is 35.7 Å². The zero-order valence-corrected chi connectivity index (χ0v) is 12.3. The fourth-order valence-electron chi connectivity index (χ4n) is 2.13. The Morgan fingerprint density at radius 2 is 2.14 bits per heavy atom. The van der Waals surface area contributed by atoms with E-state index in [1.165, 1.54) is 11.3 Å². The molecule has 2 N–H and O–H groups in total. The molecule has 22 heavy (non-hydrogen) atoms. The number of nitrogens with zero attached hydrogens (tertiary/aromatic N) is 4. The van der Waals surface area contributed by atoms with Gasteiger partial charge in [0.15, 0.2) is 10.9 Å². The Labute approximate surface area is 129 Å². The lowest BCUT2D eigenvalue weighted by molar-refractivity contribution is 0.0963. The van der Waals surface area contributed by atoms with Gasteiger partial charge in [0.2, 0.25) is 5.95 Å². The summed E-state index contributed by atoms with van der Waals surface area (Å²) in [5.74, 6) is 0.763. The predicted octanol–water partition coefficient (Wildman–Crippen LogP) is 2.66. The molecule has 0 unspecified atom stereocenters. The number of carbonyl (C=O) groups excluding carboxylic acids is 1. The van der Waals surface area contributed by atoms with Crippen LogP contribution in [0.4, 0.5) is 11.1 Å². The zero-order valence-electron chi connectivity index (χ0n) is 11.5. The largest absolute Gasteiger partial charge is 0.300 e. The molecule has 0 spiro atoms. The maximum Gasteiger partial charge on any atom is 0.228 e. The van der Waals surface area contributed by atoms with Crippen LogP contribution in [0, 0.1) is 5.92 Å². The quantitative estimate of drug-likeness (QED) is 0.703. The predicted molar refractivity (Wildman–Crippen MR) is 82.1 cm³/mol. The molecule has 4 rings (SSSR count). The van der Waals surface area contributed by atoms with Crippen LogP contribution in [0.3, 0.4) is 0 Å². The topological polar surface area (TPSA) is 96.5 Å². The van der Waals surface area contributed by atoms with Crippen molar-refractivity contribution in [2.45, 2.75) is 12.8 Å². The van der Waals surface area contributed by atoms with Gasteiger partial charge in [-0.3, -0.25) is 9.89 Å².